The van der Waals surface area contributed by atoms with Gasteiger partial charge in [0.15, 0.2) is 0 Å². The third kappa shape index (κ3) is 2.22. The lowest BCUT2D eigenvalue weighted by molar-refractivity contribution is -0.146. The van der Waals surface area contributed by atoms with Gasteiger partial charge >= 0.3 is 5.97 Å². The highest BCUT2D eigenvalue weighted by Crippen LogP contribution is 2.24. The smallest absolute Gasteiger partial charge is 0.329 e. The number of rotatable bonds is 3. The molecule has 0 fully saturated rings. The summed E-state index contributed by atoms with van der Waals surface area (Å²) in [5, 5.41) is 0. The molecular formula is C12H19NO2. The van der Waals surface area contributed by atoms with E-state index in [1.54, 1.807) is 0 Å². The van der Waals surface area contributed by atoms with Crippen molar-refractivity contribution >= 4 is 5.97 Å². The van der Waals surface area contributed by atoms with Gasteiger partial charge in [0, 0.05) is 11.4 Å². The maximum absolute atomic E-state index is 11.7. The number of hydrogen-bond donors (Lipinski definition) is 0. The van der Waals surface area contributed by atoms with Gasteiger partial charge in [-0.3, -0.25) is 0 Å². The molecule has 0 aromatic carbocycles. The Kier molecular flexibility index (Phi) is 3.56. The molecule has 15 heavy (non-hydrogen) atoms. The Morgan fingerprint density at radius 1 is 1.27 bits per heavy atom. The molecule has 0 amide bonds. The fraction of sp³-hybridized carbons (Fsp3) is 0.583. The van der Waals surface area contributed by atoms with Crippen molar-refractivity contribution in [2.75, 3.05) is 7.11 Å². The Balaban J connectivity index is 3.15. The summed E-state index contributed by atoms with van der Waals surface area (Å²) in [6.07, 6.45) is 0. The van der Waals surface area contributed by atoms with E-state index in [9.17, 15) is 4.79 Å². The molecule has 0 bridgehead atoms. The minimum Gasteiger partial charge on any atom is -0.467 e. The molecule has 1 aromatic heterocycles. The zero-order valence-corrected chi connectivity index (χ0v) is 10.1. The van der Waals surface area contributed by atoms with Crippen LogP contribution in [-0.2, 0) is 9.53 Å². The van der Waals surface area contributed by atoms with Gasteiger partial charge < -0.3 is 9.30 Å². The van der Waals surface area contributed by atoms with Gasteiger partial charge in [0.25, 0.3) is 0 Å². The molecule has 0 saturated heterocycles. The van der Waals surface area contributed by atoms with E-state index in [4.69, 9.17) is 4.74 Å². The lowest BCUT2D eigenvalue weighted by Gasteiger charge is -2.23. The van der Waals surface area contributed by atoms with E-state index in [2.05, 4.69) is 0 Å². The fourth-order valence-corrected chi connectivity index (χ4v) is 1.92. The average molecular weight is 209 g/mol. The van der Waals surface area contributed by atoms with Gasteiger partial charge in [-0.2, -0.15) is 0 Å². The summed E-state index contributed by atoms with van der Waals surface area (Å²) in [6, 6.07) is 3.83. The average Bonchev–Trinajstić information content (AvgIpc) is 2.49. The monoisotopic (exact) mass is 209 g/mol. The van der Waals surface area contributed by atoms with E-state index in [1.165, 1.54) is 7.11 Å². The van der Waals surface area contributed by atoms with Gasteiger partial charge in [0.1, 0.15) is 6.04 Å². The summed E-state index contributed by atoms with van der Waals surface area (Å²) in [4.78, 5) is 11.7. The summed E-state index contributed by atoms with van der Waals surface area (Å²) in [7, 11) is 1.44. The van der Waals surface area contributed by atoms with E-state index in [0.29, 0.717) is 0 Å². The molecule has 0 aliphatic heterocycles. The summed E-state index contributed by atoms with van der Waals surface area (Å²) >= 11 is 0. The zero-order chi connectivity index (χ0) is 11.6. The van der Waals surface area contributed by atoms with E-state index < -0.39 is 0 Å². The van der Waals surface area contributed by atoms with E-state index in [1.807, 2.05) is 44.4 Å². The zero-order valence-electron chi connectivity index (χ0n) is 10.1. The Labute approximate surface area is 91.0 Å². The third-order valence-corrected chi connectivity index (χ3v) is 2.68. The van der Waals surface area contributed by atoms with Crippen LogP contribution >= 0.6 is 0 Å². The molecule has 3 heteroatoms. The van der Waals surface area contributed by atoms with Crippen molar-refractivity contribution in [1.82, 2.24) is 4.57 Å². The molecule has 1 unspecified atom stereocenters. The SMILES string of the molecule is COC(=O)C(C(C)C)n1c(C)ccc1C. The molecule has 84 valence electrons. The predicted molar refractivity (Wildman–Crippen MR) is 59.8 cm³/mol. The van der Waals surface area contributed by atoms with Crippen LogP contribution in [0.15, 0.2) is 12.1 Å². The number of aryl methyl sites for hydroxylation is 2. The second-order valence-electron chi connectivity index (χ2n) is 4.20. The molecule has 0 radical (unpaired) electrons. The maximum Gasteiger partial charge on any atom is 0.329 e. The second-order valence-corrected chi connectivity index (χ2v) is 4.20. The number of methoxy groups -OCH3 is 1. The minimum atomic E-state index is -0.218. The van der Waals surface area contributed by atoms with Gasteiger partial charge in [-0.25, -0.2) is 4.79 Å². The first kappa shape index (κ1) is 11.8. The quantitative estimate of drug-likeness (QED) is 0.716. The van der Waals surface area contributed by atoms with Gasteiger partial charge in [-0.05, 0) is 31.9 Å². The first-order valence-corrected chi connectivity index (χ1v) is 5.21. The predicted octanol–water partition coefficient (Wildman–Crippen LogP) is 2.48. The molecule has 3 nitrogen and oxygen atoms in total. The van der Waals surface area contributed by atoms with Crippen LogP contribution in [0.4, 0.5) is 0 Å². The number of nitrogens with zero attached hydrogens (tertiary/aromatic N) is 1. The van der Waals surface area contributed by atoms with E-state index in [0.717, 1.165) is 11.4 Å². The van der Waals surface area contributed by atoms with Crippen LogP contribution in [0.1, 0.15) is 31.3 Å². The highest BCUT2D eigenvalue weighted by atomic mass is 16.5. The normalized spacial score (nSPS) is 12.9. The summed E-state index contributed by atoms with van der Waals surface area (Å²) in [5.74, 6) is 0.0506. The van der Waals surface area contributed by atoms with Crippen LogP contribution < -0.4 is 0 Å². The van der Waals surface area contributed by atoms with E-state index >= 15 is 0 Å². The van der Waals surface area contributed by atoms with E-state index in [-0.39, 0.29) is 17.9 Å². The topological polar surface area (TPSA) is 31.2 Å². The largest absolute Gasteiger partial charge is 0.467 e. The van der Waals surface area contributed by atoms with Gasteiger partial charge in [0.05, 0.1) is 7.11 Å². The highest BCUT2D eigenvalue weighted by Gasteiger charge is 2.26. The fourth-order valence-electron chi connectivity index (χ4n) is 1.92. The second kappa shape index (κ2) is 4.51. The Hall–Kier alpha value is -1.25. The van der Waals surface area contributed by atoms with Crippen molar-refractivity contribution in [2.24, 2.45) is 5.92 Å². The number of esters is 1. The molecule has 0 aliphatic carbocycles. The molecule has 0 saturated carbocycles. The van der Waals surface area contributed by atoms with Crippen LogP contribution in [0.2, 0.25) is 0 Å². The molecule has 1 aromatic rings. The Bertz CT molecular complexity index is 333. The van der Waals surface area contributed by atoms with Gasteiger partial charge in [-0.15, -0.1) is 0 Å². The summed E-state index contributed by atoms with van der Waals surface area (Å²) in [6.45, 7) is 8.07. The Morgan fingerprint density at radius 2 is 1.73 bits per heavy atom. The number of hydrogen-bond acceptors (Lipinski definition) is 2. The van der Waals surface area contributed by atoms with Crippen molar-refractivity contribution in [3.05, 3.63) is 23.5 Å². The third-order valence-electron chi connectivity index (χ3n) is 2.68. The highest BCUT2D eigenvalue weighted by molar-refractivity contribution is 5.74. The molecular weight excluding hydrogens is 190 g/mol. The number of ether oxygens (including phenoxy) is 1. The van der Waals surface area contributed by atoms with Crippen molar-refractivity contribution in [2.45, 2.75) is 33.7 Å². The van der Waals surface area contributed by atoms with Crippen LogP contribution in [0, 0.1) is 19.8 Å². The van der Waals surface area contributed by atoms with Crippen LogP contribution in [0.25, 0.3) is 0 Å². The van der Waals surface area contributed by atoms with Crippen LogP contribution in [0.3, 0.4) is 0 Å². The lowest BCUT2D eigenvalue weighted by atomic mass is 10.0. The number of carbonyl (C=O) groups is 1. The van der Waals surface area contributed by atoms with Crippen molar-refractivity contribution in [3.63, 3.8) is 0 Å². The number of aromatic nitrogens is 1. The molecule has 0 N–H and O–H groups in total. The summed E-state index contributed by atoms with van der Waals surface area (Å²) in [5.41, 5.74) is 2.19. The summed E-state index contributed by atoms with van der Waals surface area (Å²) < 4.78 is 6.89. The minimum absolute atomic E-state index is 0.174. The standard InChI is InChI=1S/C12H19NO2/c1-8(2)11(12(14)15-5)13-9(3)6-7-10(13)4/h6-8,11H,1-5H3. The van der Waals surface area contributed by atoms with Crippen LogP contribution in [0.5, 0.6) is 0 Å². The molecule has 1 rings (SSSR count). The molecule has 1 atom stereocenters. The molecule has 0 aliphatic rings. The number of carbonyl (C=O) groups excluding carboxylic acids is 1. The van der Waals surface area contributed by atoms with Crippen molar-refractivity contribution in [3.8, 4) is 0 Å². The van der Waals surface area contributed by atoms with Gasteiger partial charge in [-0.1, -0.05) is 13.8 Å². The Morgan fingerprint density at radius 3 is 2.07 bits per heavy atom. The maximum atomic E-state index is 11.7. The molecule has 1 heterocycles. The lowest BCUT2D eigenvalue weighted by Crippen LogP contribution is -2.27. The molecule has 0 spiro atoms. The van der Waals surface area contributed by atoms with Crippen LogP contribution in [-0.4, -0.2) is 17.6 Å². The van der Waals surface area contributed by atoms with Gasteiger partial charge in [0.2, 0.25) is 0 Å². The first-order valence-electron chi connectivity index (χ1n) is 5.21. The van der Waals surface area contributed by atoms with Crippen molar-refractivity contribution < 1.29 is 9.53 Å². The van der Waals surface area contributed by atoms with Crippen molar-refractivity contribution in [1.29, 1.82) is 0 Å². The first-order chi connectivity index (χ1) is 6.99.